The van der Waals surface area contributed by atoms with Gasteiger partial charge in [0.1, 0.15) is 0 Å². The van der Waals surface area contributed by atoms with Crippen molar-refractivity contribution in [3.63, 3.8) is 0 Å². The van der Waals surface area contributed by atoms with E-state index in [4.69, 9.17) is 5.11 Å². The van der Waals surface area contributed by atoms with E-state index in [1.165, 1.54) is 31.2 Å². The first-order valence-electron chi connectivity index (χ1n) is 6.44. The SMILES string of the molecule is CCCCC(CC)Cc1ccsc1CC(=O)O. The molecule has 3 heteroatoms. The monoisotopic (exact) mass is 254 g/mol. The second kappa shape index (κ2) is 7.49. The maximum atomic E-state index is 10.8. The van der Waals surface area contributed by atoms with Crippen LogP contribution in [0.4, 0.5) is 0 Å². The highest BCUT2D eigenvalue weighted by Crippen LogP contribution is 2.24. The van der Waals surface area contributed by atoms with Crippen LogP contribution in [0.1, 0.15) is 50.0 Å². The summed E-state index contributed by atoms with van der Waals surface area (Å²) in [5.74, 6) is -0.0209. The van der Waals surface area contributed by atoms with Crippen molar-refractivity contribution in [3.8, 4) is 0 Å². The Bertz CT molecular complexity index is 344. The minimum Gasteiger partial charge on any atom is -0.481 e. The third-order valence-corrected chi connectivity index (χ3v) is 4.16. The standard InChI is InChI=1S/C14H22O2S/c1-3-5-6-11(4-2)9-12-7-8-17-13(12)10-14(15)16/h7-8,11H,3-6,9-10H2,1-2H3,(H,15,16). The summed E-state index contributed by atoms with van der Waals surface area (Å²) in [6, 6.07) is 2.09. The van der Waals surface area contributed by atoms with E-state index in [1.54, 1.807) is 11.3 Å². The van der Waals surface area contributed by atoms with E-state index in [2.05, 4.69) is 19.9 Å². The van der Waals surface area contributed by atoms with Gasteiger partial charge in [-0.15, -0.1) is 11.3 Å². The molecular formula is C14H22O2S. The van der Waals surface area contributed by atoms with Crippen LogP contribution >= 0.6 is 11.3 Å². The first-order chi connectivity index (χ1) is 8.17. The third kappa shape index (κ3) is 4.90. The van der Waals surface area contributed by atoms with Crippen molar-refractivity contribution in [1.29, 1.82) is 0 Å². The lowest BCUT2D eigenvalue weighted by molar-refractivity contribution is -0.136. The van der Waals surface area contributed by atoms with Crippen molar-refractivity contribution in [3.05, 3.63) is 21.9 Å². The maximum Gasteiger partial charge on any atom is 0.308 e. The van der Waals surface area contributed by atoms with Crippen LogP contribution in [0.3, 0.4) is 0 Å². The molecule has 0 aliphatic heterocycles. The smallest absolute Gasteiger partial charge is 0.308 e. The molecule has 0 spiro atoms. The van der Waals surface area contributed by atoms with Gasteiger partial charge in [-0.1, -0.05) is 39.5 Å². The molecule has 0 saturated heterocycles. The fraction of sp³-hybridized carbons (Fsp3) is 0.643. The molecule has 17 heavy (non-hydrogen) atoms. The van der Waals surface area contributed by atoms with E-state index < -0.39 is 5.97 Å². The average Bonchev–Trinajstić information content (AvgIpc) is 2.70. The first-order valence-corrected chi connectivity index (χ1v) is 7.32. The highest BCUT2D eigenvalue weighted by molar-refractivity contribution is 7.10. The number of aliphatic carboxylic acids is 1. The molecule has 0 radical (unpaired) electrons. The van der Waals surface area contributed by atoms with E-state index >= 15 is 0 Å². The molecule has 1 N–H and O–H groups in total. The Balaban J connectivity index is 2.59. The molecule has 0 aromatic carbocycles. The van der Waals surface area contributed by atoms with Crippen molar-refractivity contribution in [2.45, 2.75) is 52.4 Å². The summed E-state index contributed by atoms with van der Waals surface area (Å²) in [5, 5.41) is 10.9. The first kappa shape index (κ1) is 14.2. The molecule has 0 aliphatic rings. The fourth-order valence-electron chi connectivity index (χ4n) is 2.10. The molecule has 0 amide bonds. The third-order valence-electron chi connectivity index (χ3n) is 3.20. The summed E-state index contributed by atoms with van der Waals surface area (Å²) in [5.41, 5.74) is 1.25. The van der Waals surface area contributed by atoms with Gasteiger partial charge in [-0.2, -0.15) is 0 Å². The van der Waals surface area contributed by atoms with Crippen molar-refractivity contribution < 1.29 is 9.90 Å². The van der Waals surface area contributed by atoms with Crippen molar-refractivity contribution >= 4 is 17.3 Å². The van der Waals surface area contributed by atoms with Crippen LogP contribution in [0, 0.1) is 5.92 Å². The number of carbonyl (C=O) groups is 1. The second-order valence-electron chi connectivity index (χ2n) is 4.56. The molecule has 1 atom stereocenters. The summed E-state index contributed by atoms with van der Waals surface area (Å²) in [4.78, 5) is 11.8. The number of carboxylic acids is 1. The van der Waals surface area contributed by atoms with E-state index in [0.717, 1.165) is 11.3 Å². The van der Waals surface area contributed by atoms with Gasteiger partial charge in [0.05, 0.1) is 6.42 Å². The zero-order valence-corrected chi connectivity index (χ0v) is 11.6. The van der Waals surface area contributed by atoms with Gasteiger partial charge >= 0.3 is 5.97 Å². The highest BCUT2D eigenvalue weighted by atomic mass is 32.1. The molecule has 1 aromatic rings. The Morgan fingerprint density at radius 1 is 1.47 bits per heavy atom. The molecule has 96 valence electrons. The molecule has 1 aromatic heterocycles. The molecule has 0 aliphatic carbocycles. The summed E-state index contributed by atoms with van der Waals surface area (Å²) < 4.78 is 0. The van der Waals surface area contributed by atoms with E-state index in [1.807, 2.05) is 5.38 Å². The fourth-order valence-corrected chi connectivity index (χ4v) is 3.00. The molecule has 1 heterocycles. The molecule has 0 fully saturated rings. The lowest BCUT2D eigenvalue weighted by Crippen LogP contribution is -2.06. The van der Waals surface area contributed by atoms with Crippen molar-refractivity contribution in [2.75, 3.05) is 0 Å². The predicted octanol–water partition coefficient (Wildman–Crippen LogP) is 4.13. The Morgan fingerprint density at radius 3 is 2.82 bits per heavy atom. The van der Waals surface area contributed by atoms with Gasteiger partial charge < -0.3 is 5.11 Å². The Kier molecular flexibility index (Phi) is 6.27. The summed E-state index contributed by atoms with van der Waals surface area (Å²) in [7, 11) is 0. The van der Waals surface area contributed by atoms with Crippen LogP contribution in [0.5, 0.6) is 0 Å². The normalized spacial score (nSPS) is 12.6. The van der Waals surface area contributed by atoms with Crippen LogP contribution in [0.25, 0.3) is 0 Å². The number of rotatable bonds is 8. The van der Waals surface area contributed by atoms with E-state index in [9.17, 15) is 4.79 Å². The number of thiophene rings is 1. The van der Waals surface area contributed by atoms with Gasteiger partial charge in [-0.05, 0) is 29.3 Å². The Labute approximate surface area is 108 Å². The predicted molar refractivity (Wildman–Crippen MR) is 72.7 cm³/mol. The van der Waals surface area contributed by atoms with Crippen molar-refractivity contribution in [1.82, 2.24) is 0 Å². The van der Waals surface area contributed by atoms with Crippen LogP contribution < -0.4 is 0 Å². The maximum absolute atomic E-state index is 10.8. The zero-order chi connectivity index (χ0) is 12.7. The molecule has 0 saturated carbocycles. The number of hydrogen-bond donors (Lipinski definition) is 1. The van der Waals surface area contributed by atoms with E-state index in [0.29, 0.717) is 5.92 Å². The van der Waals surface area contributed by atoms with Gasteiger partial charge in [0.2, 0.25) is 0 Å². The quantitative estimate of drug-likeness (QED) is 0.757. The lowest BCUT2D eigenvalue weighted by Gasteiger charge is -2.14. The summed E-state index contributed by atoms with van der Waals surface area (Å²) in [6.07, 6.45) is 6.18. The van der Waals surface area contributed by atoms with Crippen LogP contribution in [0.2, 0.25) is 0 Å². The minimum atomic E-state index is -0.727. The Hall–Kier alpha value is -0.830. The largest absolute Gasteiger partial charge is 0.481 e. The second-order valence-corrected chi connectivity index (χ2v) is 5.56. The molecule has 1 unspecified atom stereocenters. The number of carboxylic acid groups (broad SMARTS) is 1. The van der Waals surface area contributed by atoms with Crippen LogP contribution in [-0.4, -0.2) is 11.1 Å². The van der Waals surface area contributed by atoms with Gasteiger partial charge in [-0.25, -0.2) is 0 Å². The van der Waals surface area contributed by atoms with E-state index in [-0.39, 0.29) is 6.42 Å². The Morgan fingerprint density at radius 2 is 2.24 bits per heavy atom. The molecular weight excluding hydrogens is 232 g/mol. The average molecular weight is 254 g/mol. The van der Waals surface area contributed by atoms with Crippen LogP contribution in [-0.2, 0) is 17.6 Å². The van der Waals surface area contributed by atoms with Crippen molar-refractivity contribution in [2.24, 2.45) is 5.92 Å². The highest BCUT2D eigenvalue weighted by Gasteiger charge is 2.13. The van der Waals surface area contributed by atoms with Gasteiger partial charge in [0.25, 0.3) is 0 Å². The van der Waals surface area contributed by atoms with Gasteiger partial charge in [0.15, 0.2) is 0 Å². The van der Waals surface area contributed by atoms with Gasteiger partial charge in [-0.3, -0.25) is 4.79 Å². The number of unbranched alkanes of at least 4 members (excludes halogenated alkanes) is 1. The van der Waals surface area contributed by atoms with Gasteiger partial charge in [0, 0.05) is 4.88 Å². The lowest BCUT2D eigenvalue weighted by atomic mass is 9.92. The topological polar surface area (TPSA) is 37.3 Å². The summed E-state index contributed by atoms with van der Waals surface area (Å²) in [6.45, 7) is 4.44. The molecule has 0 bridgehead atoms. The molecule has 2 nitrogen and oxygen atoms in total. The molecule has 1 rings (SSSR count). The minimum absolute atomic E-state index is 0.178. The van der Waals surface area contributed by atoms with Crippen LogP contribution in [0.15, 0.2) is 11.4 Å². The zero-order valence-electron chi connectivity index (χ0n) is 10.7. The number of hydrogen-bond acceptors (Lipinski definition) is 2. The summed E-state index contributed by atoms with van der Waals surface area (Å²) >= 11 is 1.57.